The summed E-state index contributed by atoms with van der Waals surface area (Å²) in [6, 6.07) is 0. The molecular weight excluding hydrogens is 412 g/mol. The van der Waals surface area contributed by atoms with Crippen LogP contribution in [0.4, 0.5) is 0 Å². The SMILES string of the molecule is CC(=C\C(C)=C\C(C)=C\[C@]1(C)O[C@H](C)[C@@]2(C)O[C@H]21)/C=C(C)/C=C(\C)[C@H](O)[C@H](C)C(=O)C(C)C. The smallest absolute Gasteiger partial charge is 0.141 e. The largest absolute Gasteiger partial charge is 0.388 e. The molecule has 0 aromatic carbocycles. The number of fused-ring (bicyclic) bond motifs is 1. The number of allylic oxidation sites excluding steroid dienone is 8. The van der Waals surface area contributed by atoms with Crippen LogP contribution in [0, 0.1) is 11.8 Å². The van der Waals surface area contributed by atoms with Crippen LogP contribution < -0.4 is 0 Å². The number of ketones is 1. The zero-order valence-electron chi connectivity index (χ0n) is 22.4. The fourth-order valence-electron chi connectivity index (χ4n) is 5.10. The molecule has 2 heterocycles. The first-order valence-corrected chi connectivity index (χ1v) is 12.1. The fraction of sp³-hybridized carbons (Fsp3) is 0.621. The molecule has 0 spiro atoms. The minimum atomic E-state index is -0.763. The van der Waals surface area contributed by atoms with Crippen LogP contribution in [-0.2, 0) is 14.3 Å². The van der Waals surface area contributed by atoms with E-state index in [4.69, 9.17) is 9.47 Å². The van der Waals surface area contributed by atoms with Crippen molar-refractivity contribution in [2.45, 2.75) is 106 Å². The van der Waals surface area contributed by atoms with Crippen LogP contribution in [0.15, 0.2) is 58.2 Å². The average Bonchev–Trinajstić information content (AvgIpc) is 3.34. The van der Waals surface area contributed by atoms with Crippen LogP contribution in [0.5, 0.6) is 0 Å². The molecule has 0 unspecified atom stereocenters. The summed E-state index contributed by atoms with van der Waals surface area (Å²) >= 11 is 0. The van der Waals surface area contributed by atoms with Crippen LogP contribution in [0.25, 0.3) is 0 Å². The highest BCUT2D eigenvalue weighted by Crippen LogP contribution is 2.55. The molecule has 0 amide bonds. The summed E-state index contributed by atoms with van der Waals surface area (Å²) in [4.78, 5) is 12.2. The van der Waals surface area contributed by atoms with Crippen molar-refractivity contribution in [3.05, 3.63) is 58.2 Å². The molecule has 4 nitrogen and oxygen atoms in total. The lowest BCUT2D eigenvalue weighted by atomic mass is 9.88. The van der Waals surface area contributed by atoms with Gasteiger partial charge in [-0.05, 0) is 67.0 Å². The molecule has 184 valence electrons. The van der Waals surface area contributed by atoms with Gasteiger partial charge in [-0.25, -0.2) is 0 Å². The van der Waals surface area contributed by atoms with Crippen molar-refractivity contribution in [3.63, 3.8) is 0 Å². The molecule has 0 radical (unpaired) electrons. The molecule has 1 N–H and O–H groups in total. The Bertz CT molecular complexity index is 916. The zero-order valence-corrected chi connectivity index (χ0v) is 22.4. The second-order valence-corrected chi connectivity index (χ2v) is 10.9. The molecule has 0 saturated carbocycles. The van der Waals surface area contributed by atoms with Gasteiger partial charge in [-0.3, -0.25) is 4.79 Å². The average molecular weight is 457 g/mol. The number of aliphatic hydroxyl groups is 1. The third-order valence-corrected chi connectivity index (χ3v) is 6.89. The highest BCUT2D eigenvalue weighted by molar-refractivity contribution is 5.83. The van der Waals surface area contributed by atoms with Crippen molar-refractivity contribution in [1.82, 2.24) is 0 Å². The molecule has 2 rings (SSSR count). The Morgan fingerprint density at radius 2 is 1.33 bits per heavy atom. The first-order valence-electron chi connectivity index (χ1n) is 12.1. The molecular formula is C29H44O4. The van der Waals surface area contributed by atoms with E-state index in [0.717, 1.165) is 27.9 Å². The molecule has 2 aliphatic rings. The van der Waals surface area contributed by atoms with Gasteiger partial charge in [0.25, 0.3) is 0 Å². The third kappa shape index (κ3) is 6.44. The van der Waals surface area contributed by atoms with Gasteiger partial charge < -0.3 is 14.6 Å². The molecule has 0 bridgehead atoms. The summed E-state index contributed by atoms with van der Waals surface area (Å²) in [5, 5.41) is 10.6. The van der Waals surface area contributed by atoms with Crippen molar-refractivity contribution >= 4 is 5.78 Å². The maximum atomic E-state index is 12.2. The molecule has 33 heavy (non-hydrogen) atoms. The number of rotatable bonds is 9. The Balaban J connectivity index is 2.08. The van der Waals surface area contributed by atoms with Gasteiger partial charge in [0, 0.05) is 11.8 Å². The van der Waals surface area contributed by atoms with Crippen molar-refractivity contribution in [1.29, 1.82) is 0 Å². The summed E-state index contributed by atoms with van der Waals surface area (Å²) in [6.07, 6.45) is 9.98. The van der Waals surface area contributed by atoms with Gasteiger partial charge in [-0.1, -0.05) is 67.4 Å². The first-order chi connectivity index (χ1) is 15.1. The summed E-state index contributed by atoms with van der Waals surface area (Å²) in [7, 11) is 0. The topological polar surface area (TPSA) is 59.1 Å². The van der Waals surface area contributed by atoms with Crippen molar-refractivity contribution in [2.75, 3.05) is 0 Å². The number of carbonyl (C=O) groups is 1. The zero-order chi connectivity index (χ0) is 25.3. The Kier molecular flexibility index (Phi) is 8.54. The minimum absolute atomic E-state index is 0.0796. The van der Waals surface area contributed by atoms with E-state index in [-0.39, 0.29) is 35.1 Å². The molecule has 0 aromatic heterocycles. The maximum Gasteiger partial charge on any atom is 0.141 e. The fourth-order valence-corrected chi connectivity index (χ4v) is 5.10. The van der Waals surface area contributed by atoms with Gasteiger partial charge >= 0.3 is 0 Å². The quantitative estimate of drug-likeness (QED) is 0.328. The number of ether oxygens (including phenoxy) is 2. The van der Waals surface area contributed by atoms with E-state index in [1.165, 1.54) is 0 Å². The number of carbonyl (C=O) groups excluding carboxylic acids is 1. The van der Waals surface area contributed by atoms with E-state index in [1.807, 2.05) is 33.8 Å². The molecule has 6 atom stereocenters. The van der Waals surface area contributed by atoms with Gasteiger partial charge in [-0.2, -0.15) is 0 Å². The van der Waals surface area contributed by atoms with Crippen LogP contribution in [0.3, 0.4) is 0 Å². The monoisotopic (exact) mass is 456 g/mol. The number of hydrogen-bond donors (Lipinski definition) is 1. The summed E-state index contributed by atoms with van der Waals surface area (Å²) in [5.74, 6) is -0.399. The van der Waals surface area contributed by atoms with E-state index in [9.17, 15) is 9.90 Å². The third-order valence-electron chi connectivity index (χ3n) is 6.89. The van der Waals surface area contributed by atoms with Gasteiger partial charge in [0.1, 0.15) is 23.1 Å². The normalized spacial score (nSPS) is 33.3. The van der Waals surface area contributed by atoms with Crippen LogP contribution in [-0.4, -0.2) is 40.4 Å². The van der Waals surface area contributed by atoms with Gasteiger partial charge in [0.15, 0.2) is 0 Å². The minimum Gasteiger partial charge on any atom is -0.388 e. The lowest BCUT2D eigenvalue weighted by Crippen LogP contribution is -2.30. The summed E-state index contributed by atoms with van der Waals surface area (Å²) < 4.78 is 12.1. The van der Waals surface area contributed by atoms with E-state index in [2.05, 4.69) is 65.8 Å². The van der Waals surface area contributed by atoms with Crippen molar-refractivity contribution in [3.8, 4) is 0 Å². The molecule has 0 aliphatic carbocycles. The Morgan fingerprint density at radius 3 is 1.76 bits per heavy atom. The summed E-state index contributed by atoms with van der Waals surface area (Å²) in [5.41, 5.74) is 4.72. The Hall–Kier alpha value is -1.75. The second kappa shape index (κ2) is 10.2. The van der Waals surface area contributed by atoms with Gasteiger partial charge in [-0.15, -0.1) is 0 Å². The second-order valence-electron chi connectivity index (χ2n) is 10.9. The molecule has 4 heteroatoms. The lowest BCUT2D eigenvalue weighted by Gasteiger charge is -2.24. The van der Waals surface area contributed by atoms with E-state index >= 15 is 0 Å². The number of epoxide rings is 1. The maximum absolute atomic E-state index is 12.2. The molecule has 0 aromatic rings. The predicted molar refractivity (Wildman–Crippen MR) is 136 cm³/mol. The van der Waals surface area contributed by atoms with E-state index < -0.39 is 12.0 Å². The molecule has 2 aliphatic heterocycles. The highest BCUT2D eigenvalue weighted by Gasteiger charge is 2.70. The van der Waals surface area contributed by atoms with Gasteiger partial charge in [0.05, 0.1) is 12.2 Å². The van der Waals surface area contributed by atoms with Crippen LogP contribution in [0.2, 0.25) is 0 Å². The molecule has 2 fully saturated rings. The highest BCUT2D eigenvalue weighted by atomic mass is 16.7. The van der Waals surface area contributed by atoms with E-state index in [1.54, 1.807) is 6.92 Å². The van der Waals surface area contributed by atoms with E-state index in [0.29, 0.717) is 0 Å². The Morgan fingerprint density at radius 1 is 0.848 bits per heavy atom. The molecule has 2 saturated heterocycles. The summed E-state index contributed by atoms with van der Waals surface area (Å²) in [6.45, 7) is 22.0. The van der Waals surface area contributed by atoms with Crippen LogP contribution in [0.1, 0.15) is 76.2 Å². The standard InChI is InChI=1S/C29H44O4/c1-17(2)25(30)23(8)26(31)22(7)15-20(5)13-18(3)12-19(4)14-21(6)16-28(10)27-29(11,33-27)24(9)32-28/h12-17,23-24,26-27,31H,1-11H3/b18-12+,19-14+,20-13+,21-16+,22-15+/t23-,24-,26+,27+,28+,29-/m1/s1. The van der Waals surface area contributed by atoms with Crippen molar-refractivity contribution < 1.29 is 19.4 Å². The lowest BCUT2D eigenvalue weighted by molar-refractivity contribution is -0.127. The Labute approximate surface area is 201 Å². The van der Waals surface area contributed by atoms with Crippen LogP contribution >= 0.6 is 0 Å². The van der Waals surface area contributed by atoms with Crippen molar-refractivity contribution in [2.24, 2.45) is 11.8 Å². The number of aliphatic hydroxyl groups excluding tert-OH is 1. The predicted octanol–water partition coefficient (Wildman–Crippen LogP) is 6.27. The first kappa shape index (κ1) is 27.5. The van der Waals surface area contributed by atoms with Gasteiger partial charge in [0.2, 0.25) is 0 Å². The number of hydrogen-bond acceptors (Lipinski definition) is 4. The number of Topliss-reactive ketones (excluding diaryl/α,β-unsaturated/α-hetero) is 1.